The van der Waals surface area contributed by atoms with Crippen molar-refractivity contribution in [1.29, 1.82) is 0 Å². The number of nitrogens with two attached hydrogens (primary N) is 1. The number of nitrogens with one attached hydrogen (secondary N) is 1. The average Bonchev–Trinajstić information content (AvgIpc) is 3.14. The summed E-state index contributed by atoms with van der Waals surface area (Å²) in [6.07, 6.45) is 3.49. The van der Waals surface area contributed by atoms with Gasteiger partial charge in [0, 0.05) is 44.8 Å². The second kappa shape index (κ2) is 4.47. The van der Waals surface area contributed by atoms with Crippen molar-refractivity contribution in [3.63, 3.8) is 0 Å². The van der Waals surface area contributed by atoms with Gasteiger partial charge in [-0.15, -0.1) is 0 Å². The molecule has 3 rings (SSSR count). The Labute approximate surface area is 109 Å². The summed E-state index contributed by atoms with van der Waals surface area (Å²) in [7, 11) is 0. The Balaban J connectivity index is 1.81. The highest BCUT2D eigenvalue weighted by molar-refractivity contribution is 5.85. The number of primary amides is 1. The van der Waals surface area contributed by atoms with Gasteiger partial charge in [-0.05, 0) is 26.2 Å². The Morgan fingerprint density at radius 2 is 2.00 bits per heavy atom. The molecule has 102 valence electrons. The molecule has 5 heteroatoms. The van der Waals surface area contributed by atoms with Crippen molar-refractivity contribution in [2.24, 2.45) is 5.73 Å². The molecule has 0 spiro atoms. The third-order valence-corrected chi connectivity index (χ3v) is 4.84. The molecule has 0 aromatic heterocycles. The molecular formula is C13H24N4O. The topological polar surface area (TPSA) is 61.6 Å². The number of nitrogens with zero attached hydrogens (tertiary/aromatic N) is 2. The number of hydrogen-bond acceptors (Lipinski definition) is 4. The van der Waals surface area contributed by atoms with Crippen molar-refractivity contribution in [2.45, 2.75) is 43.8 Å². The third-order valence-electron chi connectivity index (χ3n) is 4.84. The zero-order valence-corrected chi connectivity index (χ0v) is 11.2. The number of rotatable bonds is 3. The third kappa shape index (κ3) is 1.94. The molecule has 1 amide bonds. The summed E-state index contributed by atoms with van der Waals surface area (Å²) >= 11 is 0. The van der Waals surface area contributed by atoms with Gasteiger partial charge in [-0.1, -0.05) is 0 Å². The minimum Gasteiger partial charge on any atom is -0.368 e. The first-order valence-electron chi connectivity index (χ1n) is 7.15. The predicted octanol–water partition coefficient (Wildman–Crippen LogP) is -0.628. The normalized spacial score (nSPS) is 39.1. The van der Waals surface area contributed by atoms with E-state index in [4.69, 9.17) is 5.73 Å². The molecule has 0 aromatic rings. The van der Waals surface area contributed by atoms with Crippen LogP contribution in [0.3, 0.4) is 0 Å². The zero-order chi connectivity index (χ0) is 12.8. The molecule has 2 saturated heterocycles. The van der Waals surface area contributed by atoms with Crippen LogP contribution in [0.25, 0.3) is 0 Å². The Morgan fingerprint density at radius 1 is 1.33 bits per heavy atom. The lowest BCUT2D eigenvalue weighted by Gasteiger charge is -2.41. The maximum absolute atomic E-state index is 12.1. The molecule has 1 saturated carbocycles. The molecule has 18 heavy (non-hydrogen) atoms. The summed E-state index contributed by atoms with van der Waals surface area (Å²) in [5.74, 6) is -0.126. The molecule has 2 unspecified atom stereocenters. The lowest BCUT2D eigenvalue weighted by molar-refractivity contribution is -0.130. The molecule has 2 aliphatic heterocycles. The Morgan fingerprint density at radius 3 is 2.56 bits per heavy atom. The van der Waals surface area contributed by atoms with Crippen LogP contribution in [0, 0.1) is 0 Å². The fourth-order valence-corrected chi connectivity index (χ4v) is 3.68. The van der Waals surface area contributed by atoms with Gasteiger partial charge in [-0.3, -0.25) is 14.6 Å². The minimum atomic E-state index is -0.413. The second-order valence-corrected chi connectivity index (χ2v) is 6.09. The first-order valence-corrected chi connectivity index (χ1v) is 7.15. The first-order chi connectivity index (χ1) is 8.63. The van der Waals surface area contributed by atoms with E-state index < -0.39 is 5.54 Å². The van der Waals surface area contributed by atoms with E-state index in [-0.39, 0.29) is 5.91 Å². The molecule has 0 aromatic carbocycles. The molecule has 5 nitrogen and oxygen atoms in total. The van der Waals surface area contributed by atoms with Gasteiger partial charge < -0.3 is 11.1 Å². The summed E-state index contributed by atoms with van der Waals surface area (Å²) in [6, 6.07) is 1.20. The summed E-state index contributed by atoms with van der Waals surface area (Å²) in [4.78, 5) is 16.9. The fourth-order valence-electron chi connectivity index (χ4n) is 3.68. The highest BCUT2D eigenvalue weighted by Gasteiger charge is 2.53. The van der Waals surface area contributed by atoms with E-state index in [1.54, 1.807) is 0 Å². The summed E-state index contributed by atoms with van der Waals surface area (Å²) in [6.45, 7) is 6.89. The quantitative estimate of drug-likeness (QED) is 0.702. The van der Waals surface area contributed by atoms with Gasteiger partial charge >= 0.3 is 0 Å². The molecule has 1 aliphatic carbocycles. The lowest BCUT2D eigenvalue weighted by Crippen LogP contribution is -2.63. The number of carbonyl (C=O) groups is 1. The summed E-state index contributed by atoms with van der Waals surface area (Å²) in [5.41, 5.74) is 5.37. The largest absolute Gasteiger partial charge is 0.368 e. The van der Waals surface area contributed by atoms with E-state index in [9.17, 15) is 4.79 Å². The van der Waals surface area contributed by atoms with Crippen molar-refractivity contribution in [3.8, 4) is 0 Å². The lowest BCUT2D eigenvalue weighted by atomic mass is 9.92. The molecule has 2 heterocycles. The van der Waals surface area contributed by atoms with Crippen LogP contribution in [0.5, 0.6) is 0 Å². The van der Waals surface area contributed by atoms with Crippen LogP contribution >= 0.6 is 0 Å². The molecule has 0 radical (unpaired) electrons. The van der Waals surface area contributed by atoms with Crippen LogP contribution in [0.2, 0.25) is 0 Å². The monoisotopic (exact) mass is 252 g/mol. The number of amides is 1. The van der Waals surface area contributed by atoms with E-state index in [0.717, 1.165) is 39.1 Å². The van der Waals surface area contributed by atoms with E-state index in [1.807, 2.05) is 0 Å². The first kappa shape index (κ1) is 12.4. The van der Waals surface area contributed by atoms with Gasteiger partial charge in [-0.2, -0.15) is 0 Å². The van der Waals surface area contributed by atoms with Crippen molar-refractivity contribution in [3.05, 3.63) is 0 Å². The minimum absolute atomic E-state index is 0.126. The van der Waals surface area contributed by atoms with Gasteiger partial charge in [0.25, 0.3) is 0 Å². The van der Waals surface area contributed by atoms with Crippen molar-refractivity contribution in [2.75, 3.05) is 32.7 Å². The summed E-state index contributed by atoms with van der Waals surface area (Å²) < 4.78 is 0. The Hall–Kier alpha value is -0.650. The van der Waals surface area contributed by atoms with E-state index in [1.165, 1.54) is 12.8 Å². The highest BCUT2D eigenvalue weighted by atomic mass is 16.1. The molecule has 3 fully saturated rings. The number of hydrogen-bond donors (Lipinski definition) is 2. The van der Waals surface area contributed by atoms with Crippen molar-refractivity contribution in [1.82, 2.24) is 15.1 Å². The van der Waals surface area contributed by atoms with Crippen LogP contribution in [-0.4, -0.2) is 66.1 Å². The molecular weight excluding hydrogens is 228 g/mol. The number of carbonyl (C=O) groups excluding carboxylic acids is 1. The van der Waals surface area contributed by atoms with Crippen molar-refractivity contribution >= 4 is 5.91 Å². The van der Waals surface area contributed by atoms with E-state index in [0.29, 0.717) is 12.1 Å². The predicted molar refractivity (Wildman–Crippen MR) is 70.2 cm³/mol. The van der Waals surface area contributed by atoms with Gasteiger partial charge in [-0.25, -0.2) is 0 Å². The van der Waals surface area contributed by atoms with Crippen LogP contribution < -0.4 is 11.1 Å². The smallest absolute Gasteiger partial charge is 0.239 e. The summed E-state index contributed by atoms with van der Waals surface area (Å²) in [5, 5.41) is 3.34. The molecule has 3 aliphatic rings. The molecule has 2 atom stereocenters. The number of piperazine rings is 1. The van der Waals surface area contributed by atoms with Crippen molar-refractivity contribution < 1.29 is 4.79 Å². The van der Waals surface area contributed by atoms with E-state index in [2.05, 4.69) is 22.0 Å². The standard InChI is InChI=1S/C13H24N4O/c1-10-8-13(12(14)18,9-17(10)11-2-3-11)16-6-4-15-5-7-16/h10-11,15H,2-9H2,1H3,(H2,14,18). The fraction of sp³-hybridized carbons (Fsp3) is 0.923. The zero-order valence-electron chi connectivity index (χ0n) is 11.2. The molecule has 3 N–H and O–H groups in total. The Bertz CT molecular complexity index is 338. The van der Waals surface area contributed by atoms with Gasteiger partial charge in [0.15, 0.2) is 0 Å². The number of likely N-dealkylation sites (tertiary alicyclic amines) is 1. The van der Waals surface area contributed by atoms with Crippen LogP contribution in [-0.2, 0) is 4.79 Å². The van der Waals surface area contributed by atoms with Crippen LogP contribution in [0.15, 0.2) is 0 Å². The SMILES string of the molecule is CC1CC(C(N)=O)(N2CCNCC2)CN1C1CC1. The Kier molecular flexibility index (Phi) is 3.08. The van der Waals surface area contributed by atoms with Crippen LogP contribution in [0.1, 0.15) is 26.2 Å². The highest BCUT2D eigenvalue weighted by Crippen LogP contribution is 2.39. The van der Waals surface area contributed by atoms with Gasteiger partial charge in [0.1, 0.15) is 5.54 Å². The van der Waals surface area contributed by atoms with Gasteiger partial charge in [0.05, 0.1) is 0 Å². The molecule has 0 bridgehead atoms. The maximum atomic E-state index is 12.1. The van der Waals surface area contributed by atoms with E-state index >= 15 is 0 Å². The average molecular weight is 252 g/mol. The van der Waals surface area contributed by atoms with Crippen LogP contribution in [0.4, 0.5) is 0 Å². The maximum Gasteiger partial charge on any atom is 0.239 e. The second-order valence-electron chi connectivity index (χ2n) is 6.09. The van der Waals surface area contributed by atoms with Gasteiger partial charge in [0.2, 0.25) is 5.91 Å².